The van der Waals surface area contributed by atoms with Crippen molar-refractivity contribution in [3.63, 3.8) is 0 Å². The van der Waals surface area contributed by atoms with Crippen LogP contribution in [0.1, 0.15) is 26.2 Å². The highest BCUT2D eigenvalue weighted by molar-refractivity contribution is 5.91. The Morgan fingerprint density at radius 2 is 2.50 bits per heavy atom. The molecule has 0 aromatic heterocycles. The molecule has 2 heteroatoms. The van der Waals surface area contributed by atoms with Crippen LogP contribution in [0.3, 0.4) is 0 Å². The van der Waals surface area contributed by atoms with Gasteiger partial charge in [0.05, 0.1) is 0 Å². The van der Waals surface area contributed by atoms with E-state index in [1.807, 2.05) is 13.0 Å². The molecule has 0 aromatic rings. The molecule has 0 radical (unpaired) electrons. The van der Waals surface area contributed by atoms with Gasteiger partial charge < -0.3 is 4.74 Å². The lowest BCUT2D eigenvalue weighted by molar-refractivity contribution is -0.115. The maximum absolute atomic E-state index is 11.0. The first-order valence-corrected chi connectivity index (χ1v) is 4.37. The van der Waals surface area contributed by atoms with Gasteiger partial charge in [-0.3, -0.25) is 4.79 Å². The third-order valence-corrected chi connectivity index (χ3v) is 2.46. The Hall–Kier alpha value is -1.05. The van der Waals surface area contributed by atoms with Gasteiger partial charge in [-0.25, -0.2) is 0 Å². The Labute approximate surface area is 71.9 Å². The Kier molecular flexibility index (Phi) is 1.75. The van der Waals surface area contributed by atoms with E-state index in [-0.39, 0.29) is 5.78 Å². The number of ether oxygens (including phenoxy) is 1. The molecule has 1 unspecified atom stereocenters. The number of allylic oxidation sites excluding steroid dienone is 4. The van der Waals surface area contributed by atoms with Crippen molar-refractivity contribution in [3.05, 3.63) is 23.7 Å². The summed E-state index contributed by atoms with van der Waals surface area (Å²) in [6.07, 6.45) is 6.26. The molecule has 0 spiro atoms. The van der Waals surface area contributed by atoms with Crippen LogP contribution in [-0.2, 0) is 9.53 Å². The van der Waals surface area contributed by atoms with Gasteiger partial charge in [0.25, 0.3) is 0 Å². The van der Waals surface area contributed by atoms with Gasteiger partial charge in [0, 0.05) is 24.8 Å². The fourth-order valence-electron chi connectivity index (χ4n) is 1.74. The van der Waals surface area contributed by atoms with E-state index in [4.69, 9.17) is 4.74 Å². The van der Waals surface area contributed by atoms with Crippen molar-refractivity contribution in [1.29, 1.82) is 0 Å². The molecule has 1 fully saturated rings. The normalized spacial score (nSPS) is 31.4. The van der Waals surface area contributed by atoms with Crippen molar-refractivity contribution in [2.45, 2.75) is 26.2 Å². The first kappa shape index (κ1) is 7.59. The second-order valence-electron chi connectivity index (χ2n) is 3.31. The van der Waals surface area contributed by atoms with Gasteiger partial charge >= 0.3 is 0 Å². The van der Waals surface area contributed by atoms with Crippen molar-refractivity contribution >= 4 is 5.78 Å². The van der Waals surface area contributed by atoms with Gasteiger partial charge in [-0.05, 0) is 19.4 Å². The molecule has 12 heavy (non-hydrogen) atoms. The first-order chi connectivity index (χ1) is 5.79. The van der Waals surface area contributed by atoms with Crippen LogP contribution in [0.4, 0.5) is 0 Å². The topological polar surface area (TPSA) is 26.3 Å². The zero-order chi connectivity index (χ0) is 8.55. The van der Waals surface area contributed by atoms with Crippen LogP contribution >= 0.6 is 0 Å². The molecule has 0 saturated carbocycles. The average molecular weight is 164 g/mol. The highest BCUT2D eigenvalue weighted by atomic mass is 16.5. The summed E-state index contributed by atoms with van der Waals surface area (Å²) in [5, 5.41) is 0. The van der Waals surface area contributed by atoms with E-state index in [0.29, 0.717) is 12.3 Å². The monoisotopic (exact) mass is 164 g/mol. The lowest BCUT2D eigenvalue weighted by Crippen LogP contribution is -2.09. The SMILES string of the molecule is C/C=C1/CC2CCC(=O)C=C2O1. The number of carbonyl (C=O) groups is 1. The van der Waals surface area contributed by atoms with Crippen LogP contribution in [0.2, 0.25) is 0 Å². The summed E-state index contributed by atoms with van der Waals surface area (Å²) < 4.78 is 5.49. The van der Waals surface area contributed by atoms with Crippen molar-refractivity contribution in [2.24, 2.45) is 5.92 Å². The molecule has 2 rings (SSSR count). The Bertz CT molecular complexity index is 274. The Balaban J connectivity index is 2.23. The predicted octanol–water partition coefficient (Wildman–Crippen LogP) is 2.17. The molecule has 1 atom stereocenters. The van der Waals surface area contributed by atoms with E-state index in [0.717, 1.165) is 24.4 Å². The molecule has 0 bridgehead atoms. The fourth-order valence-corrected chi connectivity index (χ4v) is 1.74. The number of fused-ring (bicyclic) bond motifs is 1. The second-order valence-corrected chi connectivity index (χ2v) is 3.31. The van der Waals surface area contributed by atoms with Crippen LogP contribution in [0.25, 0.3) is 0 Å². The van der Waals surface area contributed by atoms with Crippen LogP contribution in [0.5, 0.6) is 0 Å². The van der Waals surface area contributed by atoms with Crippen molar-refractivity contribution < 1.29 is 9.53 Å². The number of hydrogen-bond acceptors (Lipinski definition) is 2. The molecule has 1 aliphatic heterocycles. The summed E-state index contributed by atoms with van der Waals surface area (Å²) >= 11 is 0. The highest BCUT2D eigenvalue weighted by Gasteiger charge is 2.30. The summed E-state index contributed by atoms with van der Waals surface area (Å²) in [6.45, 7) is 1.97. The maximum Gasteiger partial charge on any atom is 0.159 e. The molecule has 1 heterocycles. The molecule has 0 N–H and O–H groups in total. The largest absolute Gasteiger partial charge is 0.466 e. The highest BCUT2D eigenvalue weighted by Crippen LogP contribution is 2.37. The van der Waals surface area contributed by atoms with Crippen LogP contribution in [-0.4, -0.2) is 5.78 Å². The third kappa shape index (κ3) is 1.17. The second kappa shape index (κ2) is 2.77. The smallest absolute Gasteiger partial charge is 0.159 e. The lowest BCUT2D eigenvalue weighted by atomic mass is 9.92. The molecule has 1 aliphatic carbocycles. The predicted molar refractivity (Wildman–Crippen MR) is 45.3 cm³/mol. The molecule has 0 aromatic carbocycles. The quantitative estimate of drug-likeness (QED) is 0.548. The molecule has 0 amide bonds. The van der Waals surface area contributed by atoms with Gasteiger partial charge in [-0.15, -0.1) is 0 Å². The Morgan fingerprint density at radius 3 is 3.25 bits per heavy atom. The minimum absolute atomic E-state index is 0.207. The third-order valence-electron chi connectivity index (χ3n) is 2.46. The van der Waals surface area contributed by atoms with Crippen molar-refractivity contribution in [3.8, 4) is 0 Å². The molecule has 2 aliphatic rings. The van der Waals surface area contributed by atoms with E-state index < -0.39 is 0 Å². The van der Waals surface area contributed by atoms with E-state index in [9.17, 15) is 4.79 Å². The summed E-state index contributed by atoms with van der Waals surface area (Å²) in [4.78, 5) is 11.0. The zero-order valence-corrected chi connectivity index (χ0v) is 7.17. The average Bonchev–Trinajstić information content (AvgIpc) is 2.46. The van der Waals surface area contributed by atoms with Gasteiger partial charge in [-0.1, -0.05) is 0 Å². The maximum atomic E-state index is 11.0. The van der Waals surface area contributed by atoms with Crippen molar-refractivity contribution in [1.82, 2.24) is 0 Å². The number of rotatable bonds is 0. The van der Waals surface area contributed by atoms with Crippen LogP contribution < -0.4 is 0 Å². The summed E-state index contributed by atoms with van der Waals surface area (Å²) in [5.41, 5.74) is 0. The van der Waals surface area contributed by atoms with Crippen molar-refractivity contribution in [2.75, 3.05) is 0 Å². The fraction of sp³-hybridized carbons (Fsp3) is 0.500. The molecule has 1 saturated heterocycles. The van der Waals surface area contributed by atoms with E-state index in [2.05, 4.69) is 0 Å². The Morgan fingerprint density at radius 1 is 1.67 bits per heavy atom. The molecule has 64 valence electrons. The van der Waals surface area contributed by atoms with Gasteiger partial charge in [-0.2, -0.15) is 0 Å². The summed E-state index contributed by atoms with van der Waals surface area (Å²) in [6, 6.07) is 0. The summed E-state index contributed by atoms with van der Waals surface area (Å²) in [7, 11) is 0. The molecular formula is C10H12O2. The van der Waals surface area contributed by atoms with E-state index in [1.165, 1.54) is 0 Å². The van der Waals surface area contributed by atoms with Crippen LogP contribution in [0.15, 0.2) is 23.7 Å². The van der Waals surface area contributed by atoms with E-state index >= 15 is 0 Å². The minimum atomic E-state index is 0.207. The minimum Gasteiger partial charge on any atom is -0.466 e. The number of ketones is 1. The standard InChI is InChI=1S/C10H12O2/c1-2-9-5-7-3-4-8(11)6-10(7)12-9/h2,6-7H,3-5H2,1H3/b9-2-. The lowest BCUT2D eigenvalue weighted by Gasteiger charge is -2.12. The number of hydrogen-bond donors (Lipinski definition) is 0. The van der Waals surface area contributed by atoms with Crippen LogP contribution in [0, 0.1) is 5.92 Å². The molecular weight excluding hydrogens is 152 g/mol. The zero-order valence-electron chi connectivity index (χ0n) is 7.17. The van der Waals surface area contributed by atoms with Gasteiger partial charge in [0.15, 0.2) is 5.78 Å². The van der Waals surface area contributed by atoms with E-state index in [1.54, 1.807) is 6.08 Å². The number of carbonyl (C=O) groups excluding carboxylic acids is 1. The molecule has 2 nitrogen and oxygen atoms in total. The van der Waals surface area contributed by atoms with Gasteiger partial charge in [0.1, 0.15) is 11.5 Å². The first-order valence-electron chi connectivity index (χ1n) is 4.37. The summed E-state index contributed by atoms with van der Waals surface area (Å²) in [5.74, 6) is 2.59. The van der Waals surface area contributed by atoms with Gasteiger partial charge in [0.2, 0.25) is 0 Å².